The SMILES string of the molecule is Cc1ccc(CC2(C(C)Cl)CC2)c(Cl)c1. The van der Waals surface area contributed by atoms with Gasteiger partial charge in [-0.15, -0.1) is 11.6 Å². The zero-order chi connectivity index (χ0) is 11.1. The first-order valence-electron chi connectivity index (χ1n) is 5.43. The maximum absolute atomic E-state index is 6.22. The molecule has 0 aromatic heterocycles. The van der Waals surface area contributed by atoms with Gasteiger partial charge in [0.25, 0.3) is 0 Å². The van der Waals surface area contributed by atoms with Crippen LogP contribution in [0.5, 0.6) is 0 Å². The van der Waals surface area contributed by atoms with Crippen LogP contribution in [0.3, 0.4) is 0 Å². The van der Waals surface area contributed by atoms with E-state index in [4.69, 9.17) is 23.2 Å². The number of hydrogen-bond donors (Lipinski definition) is 0. The highest BCUT2D eigenvalue weighted by Crippen LogP contribution is 2.53. The third-order valence-electron chi connectivity index (χ3n) is 3.49. The molecule has 1 saturated carbocycles. The van der Waals surface area contributed by atoms with Crippen LogP contribution < -0.4 is 0 Å². The first-order chi connectivity index (χ1) is 7.03. The van der Waals surface area contributed by atoms with Crippen LogP contribution in [0.25, 0.3) is 0 Å². The van der Waals surface area contributed by atoms with E-state index in [-0.39, 0.29) is 5.38 Å². The Bertz CT molecular complexity index is 365. The second kappa shape index (κ2) is 3.99. The van der Waals surface area contributed by atoms with E-state index in [1.807, 2.05) is 6.07 Å². The Morgan fingerprint density at radius 3 is 2.53 bits per heavy atom. The van der Waals surface area contributed by atoms with Gasteiger partial charge in [0.15, 0.2) is 0 Å². The molecule has 1 aliphatic rings. The summed E-state index contributed by atoms with van der Waals surface area (Å²) in [6.45, 7) is 4.16. The molecule has 1 unspecified atom stereocenters. The van der Waals surface area contributed by atoms with E-state index < -0.39 is 0 Å². The zero-order valence-corrected chi connectivity index (χ0v) is 10.7. The van der Waals surface area contributed by atoms with Crippen molar-refractivity contribution in [3.63, 3.8) is 0 Å². The second-order valence-corrected chi connectivity index (χ2v) is 5.81. The van der Waals surface area contributed by atoms with Gasteiger partial charge in [-0.25, -0.2) is 0 Å². The standard InChI is InChI=1S/C13H16Cl2/c1-9-3-4-11(12(15)7-9)8-13(5-6-13)10(2)14/h3-4,7,10H,5-6,8H2,1-2H3. The molecule has 2 heteroatoms. The van der Waals surface area contributed by atoms with Crippen LogP contribution in [0.15, 0.2) is 18.2 Å². The van der Waals surface area contributed by atoms with Crippen molar-refractivity contribution >= 4 is 23.2 Å². The highest BCUT2D eigenvalue weighted by atomic mass is 35.5. The Morgan fingerprint density at radius 2 is 2.07 bits per heavy atom. The van der Waals surface area contributed by atoms with Crippen LogP contribution in [-0.4, -0.2) is 5.38 Å². The molecule has 0 bridgehead atoms. The molecule has 0 saturated heterocycles. The smallest absolute Gasteiger partial charge is 0.0440 e. The number of benzene rings is 1. The predicted octanol–water partition coefficient (Wildman–Crippen LogP) is 4.60. The topological polar surface area (TPSA) is 0 Å². The molecule has 0 amide bonds. The Balaban J connectivity index is 2.18. The monoisotopic (exact) mass is 242 g/mol. The summed E-state index contributed by atoms with van der Waals surface area (Å²) in [6.07, 6.45) is 3.50. The molecule has 15 heavy (non-hydrogen) atoms. The Kier molecular flexibility index (Phi) is 3.00. The fourth-order valence-electron chi connectivity index (χ4n) is 2.05. The first-order valence-corrected chi connectivity index (χ1v) is 6.24. The van der Waals surface area contributed by atoms with E-state index >= 15 is 0 Å². The molecule has 0 nitrogen and oxygen atoms in total. The highest BCUT2D eigenvalue weighted by Gasteiger charge is 2.46. The summed E-state index contributed by atoms with van der Waals surface area (Å²) in [5, 5.41) is 1.13. The van der Waals surface area contributed by atoms with Gasteiger partial charge >= 0.3 is 0 Å². The van der Waals surface area contributed by atoms with E-state index in [2.05, 4.69) is 26.0 Å². The lowest BCUT2D eigenvalue weighted by atomic mass is 9.93. The maximum Gasteiger partial charge on any atom is 0.0440 e. The van der Waals surface area contributed by atoms with Crippen LogP contribution in [0.2, 0.25) is 5.02 Å². The minimum atomic E-state index is 0.245. The van der Waals surface area contributed by atoms with Crippen LogP contribution in [0, 0.1) is 12.3 Å². The second-order valence-electron chi connectivity index (χ2n) is 4.75. The number of halogens is 2. The lowest BCUT2D eigenvalue weighted by Gasteiger charge is -2.18. The molecule has 1 aromatic rings. The molecule has 0 heterocycles. The van der Waals surface area contributed by atoms with Crippen molar-refractivity contribution in [2.75, 3.05) is 0 Å². The average molecular weight is 243 g/mol. The average Bonchev–Trinajstić information content (AvgIpc) is 2.91. The van der Waals surface area contributed by atoms with Crippen LogP contribution in [-0.2, 0) is 6.42 Å². The van der Waals surface area contributed by atoms with Crippen molar-refractivity contribution in [1.29, 1.82) is 0 Å². The van der Waals surface area contributed by atoms with Crippen molar-refractivity contribution < 1.29 is 0 Å². The quantitative estimate of drug-likeness (QED) is 0.680. The van der Waals surface area contributed by atoms with Gasteiger partial charge < -0.3 is 0 Å². The van der Waals surface area contributed by atoms with E-state index in [1.165, 1.54) is 24.0 Å². The molecular weight excluding hydrogens is 227 g/mol. The molecule has 1 aromatic carbocycles. The molecule has 1 aliphatic carbocycles. The molecular formula is C13H16Cl2. The number of hydrogen-bond acceptors (Lipinski definition) is 0. The Morgan fingerprint density at radius 1 is 1.40 bits per heavy atom. The van der Waals surface area contributed by atoms with E-state index in [1.54, 1.807) is 0 Å². The molecule has 0 N–H and O–H groups in total. The maximum atomic E-state index is 6.22. The predicted molar refractivity (Wildman–Crippen MR) is 66.9 cm³/mol. The fourth-order valence-corrected chi connectivity index (χ4v) is 2.65. The van der Waals surface area contributed by atoms with Crippen molar-refractivity contribution in [2.24, 2.45) is 5.41 Å². The molecule has 82 valence electrons. The molecule has 0 aliphatic heterocycles. The zero-order valence-electron chi connectivity index (χ0n) is 9.19. The molecule has 0 radical (unpaired) electrons. The third-order valence-corrected chi connectivity index (χ3v) is 4.30. The molecule has 1 fully saturated rings. The lowest BCUT2D eigenvalue weighted by Crippen LogP contribution is -2.15. The van der Waals surface area contributed by atoms with Gasteiger partial charge in [0.05, 0.1) is 0 Å². The fraction of sp³-hybridized carbons (Fsp3) is 0.538. The van der Waals surface area contributed by atoms with Crippen molar-refractivity contribution in [1.82, 2.24) is 0 Å². The first kappa shape index (κ1) is 11.3. The number of rotatable bonds is 3. The van der Waals surface area contributed by atoms with Crippen LogP contribution in [0.4, 0.5) is 0 Å². The van der Waals surface area contributed by atoms with Crippen molar-refractivity contribution in [3.8, 4) is 0 Å². The normalized spacial score (nSPS) is 20.0. The molecule has 0 spiro atoms. The summed E-state index contributed by atoms with van der Waals surface area (Å²) in [5.41, 5.74) is 2.78. The minimum Gasteiger partial charge on any atom is -0.123 e. The highest BCUT2D eigenvalue weighted by molar-refractivity contribution is 6.31. The summed E-state index contributed by atoms with van der Waals surface area (Å²) in [7, 11) is 0. The van der Waals surface area contributed by atoms with Gasteiger partial charge in [0.2, 0.25) is 0 Å². The van der Waals surface area contributed by atoms with Gasteiger partial charge in [-0.05, 0) is 55.7 Å². The summed E-state index contributed by atoms with van der Waals surface area (Å²) in [6, 6.07) is 6.29. The third kappa shape index (κ3) is 2.32. The molecule has 2 rings (SSSR count). The summed E-state index contributed by atoms with van der Waals surface area (Å²) < 4.78 is 0. The van der Waals surface area contributed by atoms with E-state index in [0.717, 1.165) is 11.4 Å². The summed E-state index contributed by atoms with van der Waals surface area (Å²) in [5.74, 6) is 0. The van der Waals surface area contributed by atoms with Crippen LogP contribution in [0.1, 0.15) is 30.9 Å². The van der Waals surface area contributed by atoms with Crippen molar-refractivity contribution in [3.05, 3.63) is 34.3 Å². The largest absolute Gasteiger partial charge is 0.123 e. The Hall–Kier alpha value is -0.200. The van der Waals surface area contributed by atoms with Gasteiger partial charge in [-0.2, -0.15) is 0 Å². The van der Waals surface area contributed by atoms with E-state index in [9.17, 15) is 0 Å². The van der Waals surface area contributed by atoms with E-state index in [0.29, 0.717) is 5.41 Å². The van der Waals surface area contributed by atoms with Gasteiger partial charge in [-0.3, -0.25) is 0 Å². The summed E-state index contributed by atoms with van der Waals surface area (Å²) in [4.78, 5) is 0. The number of alkyl halides is 1. The van der Waals surface area contributed by atoms with Gasteiger partial charge in [0, 0.05) is 10.4 Å². The molecule has 1 atom stereocenters. The lowest BCUT2D eigenvalue weighted by molar-refractivity contribution is 0.496. The Labute approximate surface area is 102 Å². The van der Waals surface area contributed by atoms with Gasteiger partial charge in [-0.1, -0.05) is 23.7 Å². The number of aryl methyl sites for hydroxylation is 1. The van der Waals surface area contributed by atoms with Gasteiger partial charge in [0.1, 0.15) is 0 Å². The van der Waals surface area contributed by atoms with Crippen molar-refractivity contribution in [2.45, 2.75) is 38.5 Å². The summed E-state index contributed by atoms with van der Waals surface area (Å²) >= 11 is 12.4. The minimum absolute atomic E-state index is 0.245. The van der Waals surface area contributed by atoms with Crippen LogP contribution >= 0.6 is 23.2 Å².